The average Bonchev–Trinajstić information content (AvgIpc) is 2.25. The number of nitrogens with one attached hydrogen (secondary N) is 1. The van der Waals surface area contributed by atoms with E-state index in [4.69, 9.17) is 10.5 Å². The SMILES string of the molecule is COc1cc(N)ccc1C(=O)NCC(C)C. The third kappa shape index (κ3) is 3.15. The number of methoxy groups -OCH3 is 1. The monoisotopic (exact) mass is 222 g/mol. The second-order valence-corrected chi connectivity index (χ2v) is 4.06. The minimum absolute atomic E-state index is 0.134. The number of anilines is 1. The van der Waals surface area contributed by atoms with Gasteiger partial charge in [0.1, 0.15) is 5.75 Å². The van der Waals surface area contributed by atoms with Crippen LogP contribution in [-0.4, -0.2) is 19.6 Å². The van der Waals surface area contributed by atoms with Crippen molar-refractivity contribution in [3.63, 3.8) is 0 Å². The molecule has 4 nitrogen and oxygen atoms in total. The number of benzene rings is 1. The Morgan fingerprint density at radius 1 is 1.50 bits per heavy atom. The van der Waals surface area contributed by atoms with Gasteiger partial charge >= 0.3 is 0 Å². The highest BCUT2D eigenvalue weighted by molar-refractivity contribution is 5.97. The van der Waals surface area contributed by atoms with Gasteiger partial charge in [0.25, 0.3) is 5.91 Å². The molecule has 1 aromatic rings. The van der Waals surface area contributed by atoms with Crippen molar-refractivity contribution in [2.45, 2.75) is 13.8 Å². The first-order valence-electron chi connectivity index (χ1n) is 5.26. The van der Waals surface area contributed by atoms with E-state index < -0.39 is 0 Å². The summed E-state index contributed by atoms with van der Waals surface area (Å²) in [6.07, 6.45) is 0. The van der Waals surface area contributed by atoms with E-state index in [9.17, 15) is 4.79 Å². The Labute approximate surface area is 95.8 Å². The van der Waals surface area contributed by atoms with Crippen LogP contribution in [-0.2, 0) is 0 Å². The molecule has 0 saturated heterocycles. The summed E-state index contributed by atoms with van der Waals surface area (Å²) in [7, 11) is 1.52. The molecule has 0 fully saturated rings. The van der Waals surface area contributed by atoms with E-state index in [-0.39, 0.29) is 5.91 Å². The summed E-state index contributed by atoms with van der Waals surface area (Å²) >= 11 is 0. The summed E-state index contributed by atoms with van der Waals surface area (Å²) in [5.74, 6) is 0.788. The van der Waals surface area contributed by atoms with Crippen LogP contribution in [0.3, 0.4) is 0 Å². The fourth-order valence-corrected chi connectivity index (χ4v) is 1.29. The van der Waals surface area contributed by atoms with Crippen molar-refractivity contribution in [2.24, 2.45) is 5.92 Å². The van der Waals surface area contributed by atoms with Crippen molar-refractivity contribution in [3.05, 3.63) is 23.8 Å². The summed E-state index contributed by atoms with van der Waals surface area (Å²) in [4.78, 5) is 11.8. The van der Waals surface area contributed by atoms with E-state index in [0.717, 1.165) is 0 Å². The topological polar surface area (TPSA) is 64.3 Å². The minimum Gasteiger partial charge on any atom is -0.496 e. The molecule has 0 aliphatic heterocycles. The largest absolute Gasteiger partial charge is 0.496 e. The van der Waals surface area contributed by atoms with Crippen molar-refractivity contribution in [2.75, 3.05) is 19.4 Å². The number of carbonyl (C=O) groups excluding carboxylic acids is 1. The maximum atomic E-state index is 11.8. The third-order valence-corrected chi connectivity index (χ3v) is 2.14. The molecule has 0 atom stereocenters. The normalized spacial score (nSPS) is 10.2. The van der Waals surface area contributed by atoms with Crippen LogP contribution in [0, 0.1) is 5.92 Å². The molecule has 0 aliphatic carbocycles. The zero-order valence-corrected chi connectivity index (χ0v) is 9.91. The number of carbonyl (C=O) groups is 1. The zero-order valence-electron chi connectivity index (χ0n) is 9.91. The summed E-state index contributed by atoms with van der Waals surface area (Å²) < 4.78 is 5.11. The first-order valence-corrected chi connectivity index (χ1v) is 5.26. The van der Waals surface area contributed by atoms with Crippen LogP contribution in [0.1, 0.15) is 24.2 Å². The van der Waals surface area contributed by atoms with Gasteiger partial charge in [-0.1, -0.05) is 13.8 Å². The maximum Gasteiger partial charge on any atom is 0.255 e. The summed E-state index contributed by atoms with van der Waals surface area (Å²) in [6, 6.07) is 5.00. The minimum atomic E-state index is -0.134. The van der Waals surface area contributed by atoms with E-state index in [1.54, 1.807) is 18.2 Å². The quantitative estimate of drug-likeness (QED) is 0.761. The molecule has 1 aromatic carbocycles. The molecule has 3 N–H and O–H groups in total. The van der Waals surface area contributed by atoms with Crippen molar-refractivity contribution in [3.8, 4) is 5.75 Å². The van der Waals surface area contributed by atoms with Crippen molar-refractivity contribution in [1.29, 1.82) is 0 Å². The third-order valence-electron chi connectivity index (χ3n) is 2.14. The second-order valence-electron chi connectivity index (χ2n) is 4.06. The van der Waals surface area contributed by atoms with E-state index in [0.29, 0.717) is 29.5 Å². The van der Waals surface area contributed by atoms with Gasteiger partial charge in [-0.25, -0.2) is 0 Å². The van der Waals surface area contributed by atoms with Gasteiger partial charge in [0.15, 0.2) is 0 Å². The van der Waals surface area contributed by atoms with Crippen LogP contribution in [0.4, 0.5) is 5.69 Å². The lowest BCUT2D eigenvalue weighted by Gasteiger charge is -2.11. The highest BCUT2D eigenvalue weighted by atomic mass is 16.5. The van der Waals surface area contributed by atoms with Gasteiger partial charge in [-0.05, 0) is 18.1 Å². The number of rotatable bonds is 4. The van der Waals surface area contributed by atoms with Gasteiger partial charge in [0, 0.05) is 18.3 Å². The molecular formula is C12H18N2O2. The van der Waals surface area contributed by atoms with Crippen LogP contribution in [0.5, 0.6) is 5.75 Å². The molecule has 0 heterocycles. The summed E-state index contributed by atoms with van der Waals surface area (Å²) in [5, 5.41) is 2.83. The molecule has 1 rings (SSSR count). The first-order chi connectivity index (χ1) is 7.54. The highest BCUT2D eigenvalue weighted by Gasteiger charge is 2.12. The molecule has 1 amide bonds. The molecule has 0 aromatic heterocycles. The van der Waals surface area contributed by atoms with E-state index in [1.165, 1.54) is 7.11 Å². The van der Waals surface area contributed by atoms with Gasteiger partial charge in [0.2, 0.25) is 0 Å². The van der Waals surface area contributed by atoms with Crippen LogP contribution in [0.2, 0.25) is 0 Å². The van der Waals surface area contributed by atoms with Crippen LogP contribution in [0.25, 0.3) is 0 Å². The molecule has 4 heteroatoms. The summed E-state index contributed by atoms with van der Waals surface area (Å²) in [6.45, 7) is 4.73. The van der Waals surface area contributed by atoms with Crippen LogP contribution in [0.15, 0.2) is 18.2 Å². The van der Waals surface area contributed by atoms with Gasteiger partial charge < -0.3 is 15.8 Å². The number of hydrogen-bond acceptors (Lipinski definition) is 3. The fourth-order valence-electron chi connectivity index (χ4n) is 1.29. The van der Waals surface area contributed by atoms with Gasteiger partial charge in [-0.15, -0.1) is 0 Å². The van der Waals surface area contributed by atoms with Crippen molar-refractivity contribution < 1.29 is 9.53 Å². The lowest BCUT2D eigenvalue weighted by atomic mass is 10.1. The maximum absolute atomic E-state index is 11.8. The van der Waals surface area contributed by atoms with E-state index in [2.05, 4.69) is 5.32 Å². The molecular weight excluding hydrogens is 204 g/mol. The van der Waals surface area contributed by atoms with Crippen LogP contribution < -0.4 is 15.8 Å². The van der Waals surface area contributed by atoms with Gasteiger partial charge in [0.05, 0.1) is 12.7 Å². The molecule has 0 radical (unpaired) electrons. The number of nitrogens with two attached hydrogens (primary N) is 1. The van der Waals surface area contributed by atoms with Crippen molar-refractivity contribution in [1.82, 2.24) is 5.32 Å². The molecule has 0 spiro atoms. The second kappa shape index (κ2) is 5.39. The number of ether oxygens (including phenoxy) is 1. The lowest BCUT2D eigenvalue weighted by Crippen LogP contribution is -2.27. The zero-order chi connectivity index (χ0) is 12.1. The molecule has 0 bridgehead atoms. The molecule has 0 saturated carbocycles. The molecule has 0 aliphatic rings. The Morgan fingerprint density at radius 3 is 2.75 bits per heavy atom. The summed E-state index contributed by atoms with van der Waals surface area (Å²) in [5.41, 5.74) is 6.71. The van der Waals surface area contributed by atoms with Gasteiger partial charge in [-0.3, -0.25) is 4.79 Å². The Morgan fingerprint density at radius 2 is 2.19 bits per heavy atom. The first kappa shape index (κ1) is 12.4. The Bertz CT molecular complexity index is 375. The number of nitrogen functional groups attached to an aromatic ring is 1. The number of amides is 1. The van der Waals surface area contributed by atoms with Gasteiger partial charge in [-0.2, -0.15) is 0 Å². The molecule has 16 heavy (non-hydrogen) atoms. The molecule has 0 unspecified atom stereocenters. The predicted octanol–water partition coefficient (Wildman–Crippen LogP) is 1.66. The van der Waals surface area contributed by atoms with E-state index >= 15 is 0 Å². The smallest absolute Gasteiger partial charge is 0.255 e. The fraction of sp³-hybridized carbons (Fsp3) is 0.417. The molecule has 88 valence electrons. The standard InChI is InChI=1S/C12H18N2O2/c1-8(2)7-14-12(15)10-5-4-9(13)6-11(10)16-3/h4-6,8H,7,13H2,1-3H3,(H,14,15). The lowest BCUT2D eigenvalue weighted by molar-refractivity contribution is 0.0946. The number of hydrogen-bond donors (Lipinski definition) is 2. The van der Waals surface area contributed by atoms with E-state index in [1.807, 2.05) is 13.8 Å². The van der Waals surface area contributed by atoms with Crippen LogP contribution >= 0.6 is 0 Å². The van der Waals surface area contributed by atoms with Crippen molar-refractivity contribution >= 4 is 11.6 Å². The predicted molar refractivity (Wildman–Crippen MR) is 64.6 cm³/mol. The Balaban J connectivity index is 2.82. The average molecular weight is 222 g/mol. The Kier molecular flexibility index (Phi) is 4.17. The Hall–Kier alpha value is -1.71. The highest BCUT2D eigenvalue weighted by Crippen LogP contribution is 2.21.